The zero-order valence-corrected chi connectivity index (χ0v) is 19.8. The number of carbonyl (C=O) groups excluding carboxylic acids is 1. The van der Waals surface area contributed by atoms with E-state index >= 15 is 0 Å². The van der Waals surface area contributed by atoms with E-state index in [1.54, 1.807) is 14.0 Å². The fourth-order valence-corrected chi connectivity index (χ4v) is 3.72. The van der Waals surface area contributed by atoms with E-state index in [1.165, 1.54) is 0 Å². The number of rotatable bonds is 12. The van der Waals surface area contributed by atoms with Crippen molar-refractivity contribution in [1.82, 2.24) is 14.9 Å². The third-order valence-electron chi connectivity index (χ3n) is 5.45. The molecule has 0 radical (unpaired) electrons. The van der Waals surface area contributed by atoms with Gasteiger partial charge in [-0.05, 0) is 62.9 Å². The summed E-state index contributed by atoms with van der Waals surface area (Å²) in [6.07, 6.45) is 4.44. The lowest BCUT2D eigenvalue weighted by atomic mass is 10.1. The Labute approximate surface area is 195 Å². The Bertz CT molecular complexity index is 1130. The van der Waals surface area contributed by atoms with Crippen LogP contribution in [0.5, 0.6) is 11.5 Å². The van der Waals surface area contributed by atoms with E-state index in [1.807, 2.05) is 49.4 Å². The van der Waals surface area contributed by atoms with Crippen LogP contribution < -0.4 is 14.8 Å². The zero-order chi connectivity index (χ0) is 23.8. The Morgan fingerprint density at radius 3 is 2.73 bits per heavy atom. The van der Waals surface area contributed by atoms with Gasteiger partial charge in [-0.2, -0.15) is 0 Å². The third-order valence-corrected chi connectivity index (χ3v) is 5.45. The number of benzene rings is 2. The van der Waals surface area contributed by atoms with Gasteiger partial charge >= 0.3 is 0 Å². The number of hydrogen-bond donors (Lipinski definition) is 1. The number of methoxy groups -OCH3 is 1. The molecular weight excluding hydrogens is 414 g/mol. The first-order valence-electron chi connectivity index (χ1n) is 11.3. The van der Waals surface area contributed by atoms with Crippen molar-refractivity contribution in [3.05, 3.63) is 78.7 Å². The standard InChI is InChI=1S/C27H33N3O3/c1-6-11-21-14-15-24(25(18-21)32-5)33-17-10-9-16-30-23-13-8-7-12-22(23)29-26(30)20(4)28-27(31)19(2)3/h6-8,12-15,18,20H,1-2,9-11,16-17H2,3-5H3,(H,28,31). The number of nitrogens with one attached hydrogen (secondary N) is 1. The smallest absolute Gasteiger partial charge is 0.246 e. The Morgan fingerprint density at radius 2 is 2.00 bits per heavy atom. The normalized spacial score (nSPS) is 11.7. The summed E-state index contributed by atoms with van der Waals surface area (Å²) in [6, 6.07) is 13.8. The molecule has 0 aliphatic rings. The molecule has 1 N–H and O–H groups in total. The van der Waals surface area contributed by atoms with Gasteiger partial charge in [0.25, 0.3) is 0 Å². The molecule has 1 heterocycles. The highest BCUT2D eigenvalue weighted by molar-refractivity contribution is 5.92. The molecule has 1 atom stereocenters. The van der Waals surface area contributed by atoms with Crippen LogP contribution in [0.25, 0.3) is 11.0 Å². The zero-order valence-electron chi connectivity index (χ0n) is 19.8. The number of para-hydroxylation sites is 2. The molecule has 0 aliphatic carbocycles. The largest absolute Gasteiger partial charge is 0.493 e. The molecule has 1 amide bonds. The van der Waals surface area contributed by atoms with Crippen molar-refractivity contribution in [1.29, 1.82) is 0 Å². The lowest BCUT2D eigenvalue weighted by molar-refractivity contribution is -0.118. The first-order valence-corrected chi connectivity index (χ1v) is 11.3. The van der Waals surface area contributed by atoms with Crippen LogP contribution in [0.15, 0.2) is 67.3 Å². The summed E-state index contributed by atoms with van der Waals surface area (Å²) in [5, 5.41) is 2.98. The van der Waals surface area contributed by atoms with Gasteiger partial charge < -0.3 is 19.4 Å². The van der Waals surface area contributed by atoms with Crippen LogP contribution in [0.1, 0.15) is 44.1 Å². The lowest BCUT2D eigenvalue weighted by Gasteiger charge is -2.17. The minimum atomic E-state index is -0.226. The molecule has 174 valence electrons. The lowest BCUT2D eigenvalue weighted by Crippen LogP contribution is -2.29. The fourth-order valence-electron chi connectivity index (χ4n) is 3.72. The van der Waals surface area contributed by atoms with Crippen LogP contribution in [0.3, 0.4) is 0 Å². The van der Waals surface area contributed by atoms with Gasteiger partial charge in [-0.3, -0.25) is 4.79 Å². The van der Waals surface area contributed by atoms with Crippen molar-refractivity contribution < 1.29 is 14.3 Å². The number of unbranched alkanes of at least 4 members (excludes halogenated alkanes) is 1. The number of allylic oxidation sites excluding steroid dienone is 1. The van der Waals surface area contributed by atoms with Crippen LogP contribution in [0, 0.1) is 0 Å². The molecular formula is C27H33N3O3. The number of amides is 1. The monoisotopic (exact) mass is 447 g/mol. The highest BCUT2D eigenvalue weighted by Crippen LogP contribution is 2.28. The molecule has 0 saturated heterocycles. The molecule has 1 aromatic heterocycles. The first kappa shape index (κ1) is 24.1. The molecule has 3 aromatic rings. The Morgan fingerprint density at radius 1 is 1.21 bits per heavy atom. The van der Waals surface area contributed by atoms with Crippen molar-refractivity contribution in [2.45, 2.75) is 45.7 Å². The summed E-state index contributed by atoms with van der Waals surface area (Å²) < 4.78 is 13.6. The molecule has 0 saturated carbocycles. The van der Waals surface area contributed by atoms with Crippen LogP contribution in [0.4, 0.5) is 0 Å². The van der Waals surface area contributed by atoms with Crippen molar-refractivity contribution in [3.8, 4) is 11.5 Å². The van der Waals surface area contributed by atoms with E-state index < -0.39 is 0 Å². The minimum absolute atomic E-state index is 0.164. The Balaban J connectivity index is 1.64. The molecule has 0 bridgehead atoms. The summed E-state index contributed by atoms with van der Waals surface area (Å²) in [6.45, 7) is 12.5. The van der Waals surface area contributed by atoms with E-state index in [0.29, 0.717) is 12.2 Å². The molecule has 2 aromatic carbocycles. The minimum Gasteiger partial charge on any atom is -0.493 e. The number of aromatic nitrogens is 2. The van der Waals surface area contributed by atoms with Gasteiger partial charge in [-0.25, -0.2) is 4.98 Å². The highest BCUT2D eigenvalue weighted by Gasteiger charge is 2.18. The number of carbonyl (C=O) groups is 1. The van der Waals surface area contributed by atoms with Gasteiger partial charge in [0, 0.05) is 12.1 Å². The highest BCUT2D eigenvalue weighted by atomic mass is 16.5. The molecule has 0 spiro atoms. The average Bonchev–Trinajstić information content (AvgIpc) is 3.18. The van der Waals surface area contributed by atoms with Crippen LogP contribution in [-0.4, -0.2) is 29.2 Å². The number of hydrogen-bond acceptors (Lipinski definition) is 4. The van der Waals surface area contributed by atoms with Gasteiger partial charge in [0.15, 0.2) is 11.5 Å². The van der Waals surface area contributed by atoms with Gasteiger partial charge in [0.05, 0.1) is 30.8 Å². The first-order chi connectivity index (χ1) is 15.9. The van der Waals surface area contributed by atoms with E-state index in [9.17, 15) is 4.79 Å². The molecule has 3 rings (SSSR count). The van der Waals surface area contributed by atoms with Crippen molar-refractivity contribution in [2.24, 2.45) is 0 Å². The number of fused-ring (bicyclic) bond motifs is 1. The van der Waals surface area contributed by atoms with Crippen molar-refractivity contribution in [2.75, 3.05) is 13.7 Å². The molecule has 6 heteroatoms. The molecule has 0 fully saturated rings. The van der Waals surface area contributed by atoms with Gasteiger partial charge in [0.1, 0.15) is 5.82 Å². The van der Waals surface area contributed by atoms with E-state index in [4.69, 9.17) is 14.5 Å². The SMILES string of the molecule is C=CCc1ccc(OCCCCn2c(C(C)NC(=O)C(=C)C)nc3ccccc32)c(OC)c1. The van der Waals surface area contributed by atoms with Crippen LogP contribution >= 0.6 is 0 Å². The summed E-state index contributed by atoms with van der Waals surface area (Å²) in [5.74, 6) is 2.16. The van der Waals surface area contributed by atoms with Crippen LogP contribution in [-0.2, 0) is 17.8 Å². The maximum Gasteiger partial charge on any atom is 0.246 e. The Kier molecular flexibility index (Phi) is 8.30. The topological polar surface area (TPSA) is 65.4 Å². The molecule has 33 heavy (non-hydrogen) atoms. The number of nitrogens with zero attached hydrogens (tertiary/aromatic N) is 2. The van der Waals surface area contributed by atoms with Crippen molar-refractivity contribution >= 4 is 16.9 Å². The molecule has 0 aliphatic heterocycles. The quantitative estimate of drug-likeness (QED) is 0.230. The van der Waals surface area contributed by atoms with E-state index in [-0.39, 0.29) is 11.9 Å². The number of ether oxygens (including phenoxy) is 2. The van der Waals surface area contributed by atoms with Gasteiger partial charge in [-0.15, -0.1) is 6.58 Å². The summed E-state index contributed by atoms with van der Waals surface area (Å²) in [7, 11) is 1.65. The second kappa shape index (κ2) is 11.4. The molecule has 6 nitrogen and oxygen atoms in total. The Hall–Kier alpha value is -3.54. The number of imidazole rings is 1. The number of aryl methyl sites for hydroxylation is 1. The van der Waals surface area contributed by atoms with E-state index in [0.717, 1.165) is 59.7 Å². The van der Waals surface area contributed by atoms with Crippen molar-refractivity contribution in [3.63, 3.8) is 0 Å². The van der Waals surface area contributed by atoms with Gasteiger partial charge in [0.2, 0.25) is 5.91 Å². The maximum atomic E-state index is 12.1. The predicted molar refractivity (Wildman–Crippen MR) is 133 cm³/mol. The fraction of sp³-hybridized carbons (Fsp3) is 0.333. The third kappa shape index (κ3) is 6.04. The maximum absolute atomic E-state index is 12.1. The summed E-state index contributed by atoms with van der Waals surface area (Å²) >= 11 is 0. The summed E-state index contributed by atoms with van der Waals surface area (Å²) in [4.78, 5) is 16.9. The second-order valence-electron chi connectivity index (χ2n) is 8.12. The predicted octanol–water partition coefficient (Wildman–Crippen LogP) is 5.39. The average molecular weight is 448 g/mol. The molecule has 1 unspecified atom stereocenters. The van der Waals surface area contributed by atoms with Gasteiger partial charge in [-0.1, -0.05) is 30.9 Å². The van der Waals surface area contributed by atoms with E-state index in [2.05, 4.69) is 29.1 Å². The summed E-state index contributed by atoms with van der Waals surface area (Å²) in [5.41, 5.74) is 3.60. The second-order valence-corrected chi connectivity index (χ2v) is 8.12. The van der Waals surface area contributed by atoms with Crippen LogP contribution in [0.2, 0.25) is 0 Å².